The van der Waals surface area contributed by atoms with E-state index < -0.39 is 0 Å². The van der Waals surface area contributed by atoms with Gasteiger partial charge in [-0.3, -0.25) is 0 Å². The van der Waals surface area contributed by atoms with Crippen LogP contribution in [0, 0.1) is 0 Å². The van der Waals surface area contributed by atoms with Crippen LogP contribution >= 0.6 is 11.8 Å². The Morgan fingerprint density at radius 1 is 1.31 bits per heavy atom. The number of carbonyl (C=O) groups excluding carboxylic acids is 1. The van der Waals surface area contributed by atoms with Crippen LogP contribution in [0.2, 0.25) is 0 Å². The van der Waals surface area contributed by atoms with Crippen molar-refractivity contribution in [1.29, 1.82) is 0 Å². The van der Waals surface area contributed by atoms with E-state index in [0.29, 0.717) is 17.3 Å². The summed E-state index contributed by atoms with van der Waals surface area (Å²) in [6, 6.07) is 9.65. The molecule has 0 atom stereocenters. The topological polar surface area (TPSA) is 60.7 Å². The number of tetrazole rings is 1. The lowest BCUT2D eigenvalue weighted by molar-refractivity contribution is -0.107. The maximum absolute atomic E-state index is 10.2. The molecule has 2 rings (SSSR count). The first-order chi connectivity index (χ1) is 7.92. The van der Waals surface area contributed by atoms with Gasteiger partial charge in [-0.25, -0.2) is 0 Å². The van der Waals surface area contributed by atoms with Crippen molar-refractivity contribution in [2.24, 2.45) is 0 Å². The Morgan fingerprint density at radius 2 is 2.12 bits per heavy atom. The maximum Gasteiger partial charge on any atom is 0.214 e. The van der Waals surface area contributed by atoms with Crippen LogP contribution in [0.15, 0.2) is 35.5 Å². The van der Waals surface area contributed by atoms with Crippen LogP contribution in [0.5, 0.6) is 0 Å². The van der Waals surface area contributed by atoms with Crippen molar-refractivity contribution in [3.8, 4) is 5.69 Å². The Hall–Kier alpha value is -1.69. The lowest BCUT2D eigenvalue weighted by Crippen LogP contribution is -1.98. The van der Waals surface area contributed by atoms with Gasteiger partial charge in [-0.15, -0.1) is 5.10 Å². The standard InChI is InChI=1S/C10H10N4OS/c15-7-4-8-16-10-11-12-13-14(10)9-5-2-1-3-6-9/h1-3,5-7H,4,8H2. The predicted molar refractivity (Wildman–Crippen MR) is 60.6 cm³/mol. The van der Waals surface area contributed by atoms with Gasteiger partial charge in [0.1, 0.15) is 6.29 Å². The van der Waals surface area contributed by atoms with Gasteiger partial charge in [0.2, 0.25) is 5.16 Å². The zero-order valence-electron chi connectivity index (χ0n) is 8.48. The Morgan fingerprint density at radius 3 is 2.88 bits per heavy atom. The summed E-state index contributed by atoms with van der Waals surface area (Å²) in [7, 11) is 0. The number of aldehydes is 1. The van der Waals surface area contributed by atoms with E-state index in [1.807, 2.05) is 30.3 Å². The van der Waals surface area contributed by atoms with Gasteiger partial charge in [-0.05, 0) is 22.6 Å². The largest absolute Gasteiger partial charge is 0.303 e. The van der Waals surface area contributed by atoms with E-state index in [2.05, 4.69) is 15.5 Å². The minimum absolute atomic E-state index is 0.506. The number of benzene rings is 1. The Balaban J connectivity index is 2.16. The number of hydrogen-bond acceptors (Lipinski definition) is 5. The molecule has 0 bridgehead atoms. The number of aromatic nitrogens is 4. The quantitative estimate of drug-likeness (QED) is 0.444. The molecule has 0 spiro atoms. The molecule has 0 aliphatic rings. The first-order valence-electron chi connectivity index (χ1n) is 4.82. The van der Waals surface area contributed by atoms with Crippen LogP contribution in [-0.4, -0.2) is 32.2 Å². The summed E-state index contributed by atoms with van der Waals surface area (Å²) in [6.45, 7) is 0. The second-order valence-electron chi connectivity index (χ2n) is 3.01. The molecule has 6 heteroatoms. The fourth-order valence-electron chi connectivity index (χ4n) is 1.20. The average molecular weight is 234 g/mol. The van der Waals surface area contributed by atoms with Crippen molar-refractivity contribution in [3.63, 3.8) is 0 Å². The van der Waals surface area contributed by atoms with Gasteiger partial charge in [-0.1, -0.05) is 30.0 Å². The average Bonchev–Trinajstić information content (AvgIpc) is 2.79. The van der Waals surface area contributed by atoms with Crippen molar-refractivity contribution >= 4 is 18.0 Å². The van der Waals surface area contributed by atoms with Gasteiger partial charge in [0.05, 0.1) is 5.69 Å². The van der Waals surface area contributed by atoms with Crippen molar-refractivity contribution in [2.45, 2.75) is 11.6 Å². The molecule has 0 N–H and O–H groups in total. The summed E-state index contributed by atoms with van der Waals surface area (Å²) in [6.07, 6.45) is 1.40. The molecular formula is C10H10N4OS. The molecule has 2 aromatic rings. The summed E-state index contributed by atoms with van der Waals surface area (Å²) in [5, 5.41) is 12.2. The van der Waals surface area contributed by atoms with Gasteiger partial charge in [0.15, 0.2) is 0 Å². The predicted octanol–water partition coefficient (Wildman–Crippen LogP) is 1.34. The van der Waals surface area contributed by atoms with Crippen molar-refractivity contribution in [1.82, 2.24) is 20.2 Å². The summed E-state index contributed by atoms with van der Waals surface area (Å²) >= 11 is 1.47. The molecule has 0 fully saturated rings. The highest BCUT2D eigenvalue weighted by molar-refractivity contribution is 7.99. The third-order valence-electron chi connectivity index (χ3n) is 1.91. The first-order valence-corrected chi connectivity index (χ1v) is 5.80. The van der Waals surface area contributed by atoms with E-state index >= 15 is 0 Å². The van der Waals surface area contributed by atoms with E-state index in [4.69, 9.17) is 0 Å². The molecule has 0 unspecified atom stereocenters. The van der Waals surface area contributed by atoms with Gasteiger partial charge >= 0.3 is 0 Å². The van der Waals surface area contributed by atoms with Crippen LogP contribution in [0.1, 0.15) is 6.42 Å². The summed E-state index contributed by atoms with van der Waals surface area (Å²) < 4.78 is 1.66. The van der Waals surface area contributed by atoms with E-state index in [-0.39, 0.29) is 0 Å². The molecule has 1 aromatic carbocycles. The fourth-order valence-corrected chi connectivity index (χ4v) is 1.95. The SMILES string of the molecule is O=CCCSc1nnnn1-c1ccccc1. The van der Waals surface area contributed by atoms with Crippen molar-refractivity contribution in [2.75, 3.05) is 5.75 Å². The zero-order valence-corrected chi connectivity index (χ0v) is 9.30. The molecule has 1 heterocycles. The third kappa shape index (κ3) is 2.46. The number of para-hydroxylation sites is 1. The number of thioether (sulfide) groups is 1. The summed E-state index contributed by atoms with van der Waals surface area (Å²) in [4.78, 5) is 10.2. The molecule has 5 nitrogen and oxygen atoms in total. The van der Waals surface area contributed by atoms with E-state index in [1.54, 1.807) is 4.68 Å². The molecule has 0 radical (unpaired) electrons. The molecule has 0 saturated carbocycles. The van der Waals surface area contributed by atoms with Gasteiger partial charge in [0.25, 0.3) is 0 Å². The minimum atomic E-state index is 0.506. The maximum atomic E-state index is 10.2. The number of rotatable bonds is 5. The number of nitrogens with zero attached hydrogens (tertiary/aromatic N) is 4. The second kappa shape index (κ2) is 5.41. The van der Waals surface area contributed by atoms with Crippen LogP contribution in [0.3, 0.4) is 0 Å². The highest BCUT2D eigenvalue weighted by Gasteiger charge is 2.07. The summed E-state index contributed by atoms with van der Waals surface area (Å²) in [5.41, 5.74) is 0.918. The molecule has 0 aliphatic heterocycles. The lowest BCUT2D eigenvalue weighted by atomic mass is 10.3. The molecule has 82 valence electrons. The van der Waals surface area contributed by atoms with E-state index in [0.717, 1.165) is 12.0 Å². The highest BCUT2D eigenvalue weighted by atomic mass is 32.2. The van der Waals surface area contributed by atoms with Crippen LogP contribution in [0.4, 0.5) is 0 Å². The van der Waals surface area contributed by atoms with Gasteiger partial charge < -0.3 is 4.79 Å². The molecule has 16 heavy (non-hydrogen) atoms. The lowest BCUT2D eigenvalue weighted by Gasteiger charge is -2.02. The smallest absolute Gasteiger partial charge is 0.214 e. The molecule has 0 amide bonds. The third-order valence-corrected chi connectivity index (χ3v) is 2.86. The summed E-state index contributed by atoms with van der Waals surface area (Å²) in [5.74, 6) is 0.691. The molecular weight excluding hydrogens is 224 g/mol. The Bertz CT molecular complexity index is 457. The van der Waals surface area contributed by atoms with Gasteiger partial charge in [-0.2, -0.15) is 4.68 Å². The van der Waals surface area contributed by atoms with E-state index in [9.17, 15) is 4.79 Å². The van der Waals surface area contributed by atoms with Crippen LogP contribution in [-0.2, 0) is 4.79 Å². The highest BCUT2D eigenvalue weighted by Crippen LogP contribution is 2.17. The van der Waals surface area contributed by atoms with Crippen molar-refractivity contribution in [3.05, 3.63) is 30.3 Å². The van der Waals surface area contributed by atoms with Crippen LogP contribution < -0.4 is 0 Å². The Kier molecular flexibility index (Phi) is 3.66. The normalized spacial score (nSPS) is 10.2. The zero-order chi connectivity index (χ0) is 11.2. The van der Waals surface area contributed by atoms with Gasteiger partial charge in [0, 0.05) is 12.2 Å². The van der Waals surface area contributed by atoms with Crippen LogP contribution in [0.25, 0.3) is 5.69 Å². The monoisotopic (exact) mass is 234 g/mol. The number of carbonyl (C=O) groups is 1. The first kappa shape index (κ1) is 10.8. The number of hydrogen-bond donors (Lipinski definition) is 0. The molecule has 0 saturated heterocycles. The molecule has 1 aromatic heterocycles. The Labute approximate surface area is 96.9 Å². The molecule has 0 aliphatic carbocycles. The minimum Gasteiger partial charge on any atom is -0.303 e. The fraction of sp³-hybridized carbons (Fsp3) is 0.200. The van der Waals surface area contributed by atoms with Crippen molar-refractivity contribution < 1.29 is 4.79 Å². The van der Waals surface area contributed by atoms with E-state index in [1.165, 1.54) is 11.8 Å². The second-order valence-corrected chi connectivity index (χ2v) is 4.07.